The number of nitrogens with zero attached hydrogens (tertiary/aromatic N) is 1. The van der Waals surface area contributed by atoms with Gasteiger partial charge in [0.25, 0.3) is 0 Å². The Balaban J connectivity index is 1.92. The molecule has 1 aliphatic carbocycles. The predicted molar refractivity (Wildman–Crippen MR) is 80.1 cm³/mol. The van der Waals surface area contributed by atoms with Gasteiger partial charge in [-0.3, -0.25) is 4.98 Å². The SMILES string of the molecule is Fc1ccc(F)c(Nc2cccnc2C2(F)CCC(F)(F)CC2)c1. The van der Waals surface area contributed by atoms with E-state index < -0.39 is 36.1 Å². The zero-order valence-corrected chi connectivity index (χ0v) is 12.6. The molecular formula is C17H15F5N2. The van der Waals surface area contributed by atoms with Crippen molar-refractivity contribution in [3.8, 4) is 0 Å². The summed E-state index contributed by atoms with van der Waals surface area (Å²) in [7, 11) is 0. The number of pyridine rings is 1. The molecular weight excluding hydrogens is 327 g/mol. The molecule has 1 aromatic carbocycles. The van der Waals surface area contributed by atoms with E-state index >= 15 is 4.39 Å². The van der Waals surface area contributed by atoms with E-state index in [1.54, 1.807) is 0 Å². The third-order valence-electron chi connectivity index (χ3n) is 4.20. The third-order valence-corrected chi connectivity index (χ3v) is 4.20. The topological polar surface area (TPSA) is 24.9 Å². The van der Waals surface area contributed by atoms with Gasteiger partial charge in [0.1, 0.15) is 17.3 Å². The highest BCUT2D eigenvalue weighted by Gasteiger charge is 2.46. The second-order valence-corrected chi connectivity index (χ2v) is 5.97. The van der Waals surface area contributed by atoms with E-state index in [-0.39, 0.29) is 29.9 Å². The molecule has 0 saturated heterocycles. The van der Waals surface area contributed by atoms with Gasteiger partial charge in [-0.05, 0) is 37.1 Å². The summed E-state index contributed by atoms with van der Waals surface area (Å²) >= 11 is 0. The maximum atomic E-state index is 15.2. The van der Waals surface area contributed by atoms with Crippen LogP contribution in [0.25, 0.3) is 0 Å². The number of halogens is 5. The monoisotopic (exact) mass is 342 g/mol. The maximum absolute atomic E-state index is 15.2. The van der Waals surface area contributed by atoms with Gasteiger partial charge in [0.2, 0.25) is 5.92 Å². The first-order valence-corrected chi connectivity index (χ1v) is 7.53. The summed E-state index contributed by atoms with van der Waals surface area (Å²) in [5.74, 6) is -4.25. The lowest BCUT2D eigenvalue weighted by Gasteiger charge is -2.34. The number of hydrogen-bond donors (Lipinski definition) is 1. The van der Waals surface area contributed by atoms with E-state index in [0.717, 1.165) is 18.2 Å². The average Bonchev–Trinajstić information content (AvgIpc) is 2.55. The molecule has 3 rings (SSSR count). The standard InChI is InChI=1S/C17H15F5N2/c18-11-3-4-12(19)14(10-11)24-13-2-1-9-23-15(13)16(20)5-7-17(21,22)8-6-16/h1-4,9-10,24H,5-8H2. The molecule has 0 amide bonds. The Morgan fingerprint density at radius 3 is 2.33 bits per heavy atom. The first kappa shape index (κ1) is 16.7. The molecule has 0 bridgehead atoms. The first-order chi connectivity index (χ1) is 11.3. The van der Waals surface area contributed by atoms with Crippen molar-refractivity contribution in [2.75, 3.05) is 5.32 Å². The molecule has 0 spiro atoms. The first-order valence-electron chi connectivity index (χ1n) is 7.53. The fourth-order valence-electron chi connectivity index (χ4n) is 2.85. The zero-order chi connectivity index (χ0) is 17.4. The average molecular weight is 342 g/mol. The molecule has 24 heavy (non-hydrogen) atoms. The third kappa shape index (κ3) is 3.34. The molecule has 2 aromatic rings. The van der Waals surface area contributed by atoms with Gasteiger partial charge in [-0.1, -0.05) is 0 Å². The highest BCUT2D eigenvalue weighted by Crippen LogP contribution is 2.47. The number of nitrogens with one attached hydrogen (secondary N) is 1. The van der Waals surface area contributed by atoms with Gasteiger partial charge in [-0.25, -0.2) is 22.0 Å². The van der Waals surface area contributed by atoms with Crippen LogP contribution in [0.15, 0.2) is 36.5 Å². The van der Waals surface area contributed by atoms with Crippen LogP contribution in [-0.2, 0) is 5.67 Å². The van der Waals surface area contributed by atoms with Crippen molar-refractivity contribution in [1.82, 2.24) is 4.98 Å². The minimum atomic E-state index is -2.88. The number of alkyl halides is 3. The molecule has 1 N–H and O–H groups in total. The van der Waals surface area contributed by atoms with Crippen LogP contribution >= 0.6 is 0 Å². The summed E-state index contributed by atoms with van der Waals surface area (Å²) in [6.45, 7) is 0. The van der Waals surface area contributed by atoms with Crippen LogP contribution in [0, 0.1) is 11.6 Å². The van der Waals surface area contributed by atoms with Crippen molar-refractivity contribution in [1.29, 1.82) is 0 Å². The maximum Gasteiger partial charge on any atom is 0.248 e. The molecule has 0 unspecified atom stereocenters. The molecule has 0 atom stereocenters. The molecule has 1 aliphatic rings. The molecule has 128 valence electrons. The van der Waals surface area contributed by atoms with Crippen molar-refractivity contribution < 1.29 is 22.0 Å². The summed E-state index contributed by atoms with van der Waals surface area (Å²) in [5.41, 5.74) is -2.14. The Hall–Kier alpha value is -2.18. The van der Waals surface area contributed by atoms with Gasteiger partial charge >= 0.3 is 0 Å². The molecule has 1 heterocycles. The van der Waals surface area contributed by atoms with E-state index in [9.17, 15) is 17.6 Å². The van der Waals surface area contributed by atoms with Gasteiger partial charge in [0.05, 0.1) is 11.4 Å². The van der Waals surface area contributed by atoms with Crippen molar-refractivity contribution in [2.24, 2.45) is 0 Å². The van der Waals surface area contributed by atoms with Crippen LogP contribution in [0.4, 0.5) is 33.3 Å². The quantitative estimate of drug-likeness (QED) is 0.748. The van der Waals surface area contributed by atoms with E-state index in [1.807, 2.05) is 0 Å². The molecule has 0 radical (unpaired) electrons. The van der Waals surface area contributed by atoms with E-state index in [2.05, 4.69) is 10.3 Å². The molecule has 1 saturated carbocycles. The number of anilines is 2. The normalized spacial score (nSPS) is 19.0. The largest absolute Gasteiger partial charge is 0.351 e. The molecule has 2 nitrogen and oxygen atoms in total. The number of benzene rings is 1. The Bertz CT molecular complexity index is 738. The fourth-order valence-corrected chi connectivity index (χ4v) is 2.85. The predicted octanol–water partition coefficient (Wildman–Crippen LogP) is 5.48. The minimum Gasteiger partial charge on any atom is -0.351 e. The van der Waals surface area contributed by atoms with Crippen LogP contribution < -0.4 is 5.32 Å². The van der Waals surface area contributed by atoms with Crippen molar-refractivity contribution in [3.63, 3.8) is 0 Å². The van der Waals surface area contributed by atoms with Crippen molar-refractivity contribution >= 4 is 11.4 Å². The van der Waals surface area contributed by atoms with Crippen LogP contribution in [0.2, 0.25) is 0 Å². The second-order valence-electron chi connectivity index (χ2n) is 5.97. The lowest BCUT2D eigenvalue weighted by atomic mass is 9.81. The Morgan fingerprint density at radius 2 is 1.62 bits per heavy atom. The molecule has 1 fully saturated rings. The summed E-state index contributed by atoms with van der Waals surface area (Å²) in [4.78, 5) is 3.97. The van der Waals surface area contributed by atoms with Gasteiger partial charge < -0.3 is 5.32 Å². The summed E-state index contributed by atoms with van der Waals surface area (Å²) in [6, 6.07) is 5.81. The minimum absolute atomic E-state index is 0.0656. The summed E-state index contributed by atoms with van der Waals surface area (Å²) in [6.07, 6.45) is -0.563. The Morgan fingerprint density at radius 1 is 0.917 bits per heavy atom. The van der Waals surface area contributed by atoms with Gasteiger partial charge in [-0.2, -0.15) is 0 Å². The van der Waals surface area contributed by atoms with Gasteiger partial charge in [-0.15, -0.1) is 0 Å². The van der Waals surface area contributed by atoms with Crippen LogP contribution in [0.5, 0.6) is 0 Å². The number of aromatic nitrogens is 1. The summed E-state index contributed by atoms with van der Waals surface area (Å²) in [5, 5.41) is 2.62. The van der Waals surface area contributed by atoms with Crippen LogP contribution in [-0.4, -0.2) is 10.9 Å². The molecule has 0 aliphatic heterocycles. The van der Waals surface area contributed by atoms with Crippen LogP contribution in [0.3, 0.4) is 0 Å². The molecule has 7 heteroatoms. The van der Waals surface area contributed by atoms with E-state index in [0.29, 0.717) is 0 Å². The fraction of sp³-hybridized carbons (Fsp3) is 0.353. The summed E-state index contributed by atoms with van der Waals surface area (Å²) < 4.78 is 68.9. The second kappa shape index (κ2) is 6.03. The lowest BCUT2D eigenvalue weighted by Crippen LogP contribution is -2.34. The van der Waals surface area contributed by atoms with Crippen molar-refractivity contribution in [2.45, 2.75) is 37.3 Å². The highest BCUT2D eigenvalue weighted by molar-refractivity contribution is 5.63. The van der Waals surface area contributed by atoms with Gasteiger partial charge in [0, 0.05) is 25.1 Å². The van der Waals surface area contributed by atoms with Crippen LogP contribution in [0.1, 0.15) is 31.4 Å². The van der Waals surface area contributed by atoms with E-state index in [1.165, 1.54) is 18.3 Å². The highest BCUT2D eigenvalue weighted by atomic mass is 19.3. The zero-order valence-electron chi connectivity index (χ0n) is 12.6. The van der Waals surface area contributed by atoms with Crippen molar-refractivity contribution in [3.05, 3.63) is 53.9 Å². The molecule has 1 aromatic heterocycles. The Kier molecular flexibility index (Phi) is 4.19. The number of rotatable bonds is 3. The van der Waals surface area contributed by atoms with E-state index in [4.69, 9.17) is 0 Å². The lowest BCUT2D eigenvalue weighted by molar-refractivity contribution is -0.0783. The smallest absolute Gasteiger partial charge is 0.248 e. The Labute approximate surface area is 135 Å². The van der Waals surface area contributed by atoms with Gasteiger partial charge in [0.15, 0.2) is 5.67 Å². The number of hydrogen-bond acceptors (Lipinski definition) is 2.